The van der Waals surface area contributed by atoms with Gasteiger partial charge in [-0.3, -0.25) is 9.89 Å². The van der Waals surface area contributed by atoms with Crippen molar-refractivity contribution in [2.24, 2.45) is 0 Å². The second kappa shape index (κ2) is 8.05. The molecule has 0 aliphatic carbocycles. The maximum atomic E-state index is 15.0. The van der Waals surface area contributed by atoms with Crippen LogP contribution < -0.4 is 4.72 Å². The van der Waals surface area contributed by atoms with E-state index in [0.29, 0.717) is 10.8 Å². The first-order chi connectivity index (χ1) is 15.3. The second-order valence-corrected chi connectivity index (χ2v) is 8.35. The van der Waals surface area contributed by atoms with E-state index < -0.39 is 55.1 Å². The molecule has 0 radical (unpaired) electrons. The van der Waals surface area contributed by atoms with E-state index in [1.807, 2.05) is 0 Å². The van der Waals surface area contributed by atoms with Gasteiger partial charge in [-0.15, -0.1) is 8.96 Å². The molecule has 33 heavy (non-hydrogen) atoms. The van der Waals surface area contributed by atoms with Crippen molar-refractivity contribution in [3.05, 3.63) is 41.6 Å². The van der Waals surface area contributed by atoms with Crippen LogP contribution in [0.25, 0.3) is 11.3 Å². The number of rotatable bonds is 6. The van der Waals surface area contributed by atoms with Crippen LogP contribution in [0.3, 0.4) is 0 Å². The molecule has 3 rings (SSSR count). The number of nitriles is 2. The van der Waals surface area contributed by atoms with Gasteiger partial charge in [0.15, 0.2) is 5.25 Å². The van der Waals surface area contributed by atoms with E-state index in [2.05, 4.69) is 10.2 Å². The molecule has 2 aromatic rings. The third kappa shape index (κ3) is 3.56. The summed E-state index contributed by atoms with van der Waals surface area (Å²) in [4.78, 5) is 11.8. The van der Waals surface area contributed by atoms with Crippen molar-refractivity contribution >= 4 is 16.0 Å². The van der Waals surface area contributed by atoms with Gasteiger partial charge in [-0.1, -0.05) is 6.07 Å². The van der Waals surface area contributed by atoms with Crippen LogP contribution in [-0.2, 0) is 14.8 Å². The fraction of sp³-hybridized carbons (Fsp3) is 0.250. The van der Waals surface area contributed by atoms with E-state index in [0.717, 1.165) is 18.2 Å². The third-order valence-electron chi connectivity index (χ3n) is 4.65. The van der Waals surface area contributed by atoms with Gasteiger partial charge < -0.3 is 5.11 Å². The third-order valence-corrected chi connectivity index (χ3v) is 6.30. The molecule has 1 aromatic carbocycles. The van der Waals surface area contributed by atoms with Gasteiger partial charge >= 0.3 is 17.6 Å². The van der Waals surface area contributed by atoms with Gasteiger partial charge in [-0.25, -0.2) is 17.2 Å². The number of nitrogens with zero attached hydrogens (tertiary/aromatic N) is 5. The lowest BCUT2D eigenvalue weighted by Gasteiger charge is -2.30. The molecule has 0 amide bonds. The molecular formula is C16H10F5N7O4S. The number of hydrazine groups is 1. The summed E-state index contributed by atoms with van der Waals surface area (Å²) in [7, 11) is -5.75. The summed E-state index contributed by atoms with van der Waals surface area (Å²) in [6.07, 6.45) is -2.68. The number of hydrogen-bond acceptors (Lipinski definition) is 8. The average molecular weight is 491 g/mol. The van der Waals surface area contributed by atoms with Crippen molar-refractivity contribution in [1.82, 2.24) is 25.4 Å². The van der Waals surface area contributed by atoms with Crippen LogP contribution in [0.1, 0.15) is 16.4 Å². The monoisotopic (exact) mass is 491 g/mol. The Hall–Kier alpha value is -3.64. The lowest BCUT2D eigenvalue weighted by atomic mass is 10.0. The molecule has 2 heterocycles. The largest absolute Gasteiger partial charge is 0.480 e. The van der Waals surface area contributed by atoms with Gasteiger partial charge in [0, 0.05) is 17.0 Å². The fourth-order valence-electron chi connectivity index (χ4n) is 3.05. The van der Waals surface area contributed by atoms with Crippen molar-refractivity contribution < 1.29 is 40.5 Å². The Labute approximate surface area is 181 Å². The maximum Gasteiger partial charge on any atom is 0.327 e. The lowest BCUT2D eigenvalue weighted by molar-refractivity contribution is -0.331. The molecule has 1 aromatic heterocycles. The molecule has 0 saturated carbocycles. The number of alkyl halides is 3. The molecule has 4 atom stereocenters. The Bertz CT molecular complexity index is 1280. The highest BCUT2D eigenvalue weighted by Gasteiger charge is 2.77. The summed E-state index contributed by atoms with van der Waals surface area (Å²) < 4.78 is 96.6. The Kier molecular flexibility index (Phi) is 5.86. The van der Waals surface area contributed by atoms with Crippen molar-refractivity contribution in [3.8, 4) is 23.4 Å². The predicted molar refractivity (Wildman–Crippen MR) is 95.3 cm³/mol. The van der Waals surface area contributed by atoms with Crippen molar-refractivity contribution in [2.45, 2.75) is 23.1 Å². The van der Waals surface area contributed by atoms with Crippen LogP contribution in [0.5, 0.6) is 0 Å². The van der Waals surface area contributed by atoms with Gasteiger partial charge in [0.2, 0.25) is 10.0 Å². The van der Waals surface area contributed by atoms with E-state index in [-0.39, 0.29) is 16.8 Å². The van der Waals surface area contributed by atoms with E-state index in [9.17, 15) is 41.3 Å². The second-order valence-electron chi connectivity index (χ2n) is 6.58. The number of halogens is 5. The molecule has 0 bridgehead atoms. The molecule has 0 spiro atoms. The highest BCUT2D eigenvalue weighted by atomic mass is 32.2. The summed E-state index contributed by atoms with van der Waals surface area (Å²) in [6.45, 7) is 0. The molecule has 1 aliphatic rings. The van der Waals surface area contributed by atoms with Crippen LogP contribution in [0, 0.1) is 22.7 Å². The quantitative estimate of drug-likeness (QED) is 0.308. The van der Waals surface area contributed by atoms with Crippen molar-refractivity contribution in [1.29, 1.82) is 10.5 Å². The number of H-pyrrole nitrogens is 1. The number of aromatic nitrogens is 2. The van der Waals surface area contributed by atoms with Gasteiger partial charge in [0.1, 0.15) is 6.07 Å². The van der Waals surface area contributed by atoms with Crippen LogP contribution in [-0.4, -0.2) is 58.0 Å². The number of nitrogens with one attached hydrogen (secondary N) is 2. The predicted octanol–water partition coefficient (Wildman–Crippen LogP) is 1.45. The number of benzene rings is 1. The van der Waals surface area contributed by atoms with Crippen molar-refractivity contribution in [3.63, 3.8) is 0 Å². The Morgan fingerprint density at radius 1 is 1.30 bits per heavy atom. The number of carboxylic acids is 1. The summed E-state index contributed by atoms with van der Waals surface area (Å²) >= 11 is 0. The number of aliphatic carboxylic acids is 1. The lowest BCUT2D eigenvalue weighted by Crippen LogP contribution is -2.63. The van der Waals surface area contributed by atoms with Crippen LogP contribution >= 0.6 is 0 Å². The molecule has 174 valence electrons. The first-order valence-corrected chi connectivity index (χ1v) is 10.0. The Balaban J connectivity index is 2.12. The van der Waals surface area contributed by atoms with E-state index in [4.69, 9.17) is 5.26 Å². The standard InChI is InChI=1S/C16H10F5N7O4S/c17-14-15(18,7-23)16(19,28(21)27(14)20)26-33(31,32)12(13(29)30)8-1-2-9(6-22)10(5-8)11-3-4-24-25-11/h1-5,12,14,26H,(H,24,25)(H,29,30). The normalized spacial score (nSPS) is 27.1. The summed E-state index contributed by atoms with van der Waals surface area (Å²) in [6, 6.07) is 6.17. The topological polar surface area (TPSA) is 166 Å². The van der Waals surface area contributed by atoms with Gasteiger partial charge in [0.25, 0.3) is 6.30 Å². The zero-order valence-electron chi connectivity index (χ0n) is 15.7. The summed E-state index contributed by atoms with van der Waals surface area (Å²) in [5.74, 6) is -7.20. The number of aromatic amines is 1. The number of hydrogen-bond donors (Lipinski definition) is 3. The molecule has 1 fully saturated rings. The molecule has 1 aliphatic heterocycles. The van der Waals surface area contributed by atoms with Crippen LogP contribution in [0.2, 0.25) is 0 Å². The van der Waals surface area contributed by atoms with Crippen LogP contribution in [0.15, 0.2) is 30.5 Å². The SMILES string of the molecule is N#Cc1ccc(C(C(=O)O)S(=O)(=O)NC2(F)N(F)N(F)C(F)C2(F)C#N)cc1-c1ccn[nH]1. The minimum absolute atomic E-state index is 0.0347. The minimum Gasteiger partial charge on any atom is -0.480 e. The molecule has 1 saturated heterocycles. The molecule has 4 unspecified atom stereocenters. The van der Waals surface area contributed by atoms with Gasteiger partial charge in [-0.2, -0.15) is 24.7 Å². The Morgan fingerprint density at radius 2 is 1.97 bits per heavy atom. The smallest absolute Gasteiger partial charge is 0.327 e. The highest BCUT2D eigenvalue weighted by molar-refractivity contribution is 7.90. The highest BCUT2D eigenvalue weighted by Crippen LogP contribution is 2.47. The Morgan fingerprint density at radius 3 is 2.48 bits per heavy atom. The first-order valence-electron chi connectivity index (χ1n) is 8.47. The van der Waals surface area contributed by atoms with Gasteiger partial charge in [0.05, 0.1) is 17.3 Å². The van der Waals surface area contributed by atoms with Crippen LogP contribution in [0.4, 0.5) is 22.1 Å². The zero-order chi connectivity index (χ0) is 24.8. The van der Waals surface area contributed by atoms with E-state index in [1.165, 1.54) is 12.3 Å². The fourth-order valence-corrected chi connectivity index (χ4v) is 4.54. The molecule has 11 nitrogen and oxygen atoms in total. The van der Waals surface area contributed by atoms with E-state index >= 15 is 4.39 Å². The number of carboxylic acid groups (broad SMARTS) is 1. The number of carbonyl (C=O) groups is 1. The number of sulfonamides is 1. The molecule has 17 heteroatoms. The molecule has 3 N–H and O–H groups in total. The minimum atomic E-state index is -5.75. The molecular weight excluding hydrogens is 481 g/mol. The average Bonchev–Trinajstić information content (AvgIpc) is 3.33. The van der Waals surface area contributed by atoms with E-state index in [1.54, 1.807) is 6.07 Å². The first kappa shape index (κ1) is 24.0. The zero-order valence-corrected chi connectivity index (χ0v) is 16.6. The summed E-state index contributed by atoms with van der Waals surface area (Å²) in [5, 5.41) is 26.9. The summed E-state index contributed by atoms with van der Waals surface area (Å²) in [5.41, 5.74) is -5.37. The maximum absolute atomic E-state index is 15.0. The van der Waals surface area contributed by atoms with Crippen molar-refractivity contribution in [2.75, 3.05) is 0 Å². The van der Waals surface area contributed by atoms with Gasteiger partial charge in [-0.05, 0) is 29.0 Å².